The van der Waals surface area contributed by atoms with Crippen molar-refractivity contribution in [3.8, 4) is 0 Å². The minimum atomic E-state index is -0.867. The van der Waals surface area contributed by atoms with Crippen LogP contribution in [0.15, 0.2) is 0 Å². The minimum Gasteiger partial charge on any atom is -0.481 e. The van der Waals surface area contributed by atoms with Crippen LogP contribution in [-0.4, -0.2) is 73.1 Å². The van der Waals surface area contributed by atoms with Gasteiger partial charge in [0.25, 0.3) is 0 Å². The summed E-state index contributed by atoms with van der Waals surface area (Å²) in [4.78, 5) is 24.8. The molecule has 0 aliphatic carbocycles. The topological polar surface area (TPSA) is 96.3 Å². The number of aliphatic hydroxyl groups excluding tert-OH is 1. The normalized spacial score (nSPS) is 10.9. The van der Waals surface area contributed by atoms with Crippen LogP contribution in [0.2, 0.25) is 0 Å². The van der Waals surface area contributed by atoms with Gasteiger partial charge < -0.3 is 24.6 Å². The molecule has 0 saturated carbocycles. The van der Waals surface area contributed by atoms with Gasteiger partial charge in [-0.1, -0.05) is 51.9 Å². The van der Waals surface area contributed by atoms with Gasteiger partial charge in [0.15, 0.2) is 0 Å². The fourth-order valence-electron chi connectivity index (χ4n) is 2.91. The second-order valence-corrected chi connectivity index (χ2v) is 7.05. The molecule has 2 N–H and O–H groups in total. The molecule has 0 radical (unpaired) electrons. The first kappa shape index (κ1) is 26.8. The minimum absolute atomic E-state index is 0.00275. The molecule has 0 rings (SSSR count). The van der Waals surface area contributed by atoms with Gasteiger partial charge in [-0.3, -0.25) is 9.59 Å². The molecule has 0 fully saturated rings. The van der Waals surface area contributed by atoms with Gasteiger partial charge in [0.2, 0.25) is 5.91 Å². The molecule has 0 aromatic rings. The average Bonchev–Trinajstić information content (AvgIpc) is 2.67. The molecule has 7 heteroatoms. The van der Waals surface area contributed by atoms with Crippen molar-refractivity contribution in [1.82, 2.24) is 4.90 Å². The summed E-state index contributed by atoms with van der Waals surface area (Å²) in [6.07, 6.45) is 10.4. The highest BCUT2D eigenvalue weighted by Gasteiger charge is 2.13. The number of ether oxygens (including phenoxy) is 2. The number of rotatable bonds is 21. The summed E-state index contributed by atoms with van der Waals surface area (Å²) in [5.74, 6) is -0.863. The number of carboxylic acids is 1. The van der Waals surface area contributed by atoms with E-state index in [1.54, 1.807) is 4.90 Å². The smallest absolute Gasteiger partial charge is 0.303 e. The van der Waals surface area contributed by atoms with E-state index >= 15 is 0 Å². The Morgan fingerprint density at radius 2 is 1.36 bits per heavy atom. The Morgan fingerprint density at radius 3 is 1.96 bits per heavy atom. The van der Waals surface area contributed by atoms with Crippen molar-refractivity contribution < 1.29 is 29.3 Å². The molecule has 166 valence electrons. The highest BCUT2D eigenvalue weighted by atomic mass is 16.5. The summed E-state index contributed by atoms with van der Waals surface area (Å²) in [5, 5.41) is 17.4. The summed E-state index contributed by atoms with van der Waals surface area (Å²) < 4.78 is 10.6. The molecule has 0 atom stereocenters. The quantitative estimate of drug-likeness (QED) is 0.286. The second kappa shape index (κ2) is 20.6. The van der Waals surface area contributed by atoms with E-state index in [0.29, 0.717) is 45.9 Å². The number of aliphatic carboxylic acids is 1. The zero-order valence-corrected chi connectivity index (χ0v) is 17.7. The molecule has 0 aromatic carbocycles. The van der Waals surface area contributed by atoms with Crippen molar-refractivity contribution in [3.63, 3.8) is 0 Å². The van der Waals surface area contributed by atoms with Crippen LogP contribution in [0.3, 0.4) is 0 Å². The third kappa shape index (κ3) is 18.2. The molecular weight excluding hydrogens is 362 g/mol. The maximum atomic E-state index is 12.4. The molecule has 1 amide bonds. The number of hydrogen-bond donors (Lipinski definition) is 2. The Balaban J connectivity index is 4.03. The fourth-order valence-corrected chi connectivity index (χ4v) is 2.91. The lowest BCUT2D eigenvalue weighted by atomic mass is 10.1. The van der Waals surface area contributed by atoms with E-state index in [-0.39, 0.29) is 25.4 Å². The Morgan fingerprint density at radius 1 is 0.750 bits per heavy atom. The third-order valence-corrected chi connectivity index (χ3v) is 4.53. The van der Waals surface area contributed by atoms with Crippen LogP contribution in [0.5, 0.6) is 0 Å². The first-order valence-corrected chi connectivity index (χ1v) is 10.9. The van der Waals surface area contributed by atoms with Crippen molar-refractivity contribution in [3.05, 3.63) is 0 Å². The number of carbonyl (C=O) groups is 2. The molecule has 0 aliphatic heterocycles. The van der Waals surface area contributed by atoms with Gasteiger partial charge in [0.05, 0.1) is 33.0 Å². The van der Waals surface area contributed by atoms with Gasteiger partial charge in [-0.2, -0.15) is 0 Å². The van der Waals surface area contributed by atoms with Gasteiger partial charge in [-0.25, -0.2) is 0 Å². The number of aliphatic hydroxyl groups is 1. The Bertz CT molecular complexity index is 378. The average molecular weight is 404 g/mol. The van der Waals surface area contributed by atoms with Crippen molar-refractivity contribution in [2.45, 2.75) is 77.6 Å². The summed E-state index contributed by atoms with van der Waals surface area (Å²) in [5.41, 5.74) is 0. The Hall–Kier alpha value is -1.18. The maximum Gasteiger partial charge on any atom is 0.303 e. The van der Waals surface area contributed by atoms with Gasteiger partial charge in [-0.15, -0.1) is 0 Å². The summed E-state index contributed by atoms with van der Waals surface area (Å²) in [6, 6.07) is 0. The van der Waals surface area contributed by atoms with E-state index < -0.39 is 5.97 Å². The monoisotopic (exact) mass is 403 g/mol. The molecule has 7 nitrogen and oxygen atoms in total. The molecule has 0 spiro atoms. The van der Waals surface area contributed by atoms with Crippen LogP contribution >= 0.6 is 0 Å². The van der Waals surface area contributed by atoms with E-state index in [1.807, 2.05) is 0 Å². The van der Waals surface area contributed by atoms with E-state index in [9.17, 15) is 9.59 Å². The SMILES string of the molecule is CCCCCCCCCCN(CCOCCOCCO)C(=O)CCCC(=O)O. The Kier molecular flexibility index (Phi) is 19.7. The fraction of sp³-hybridized carbons (Fsp3) is 0.905. The van der Waals surface area contributed by atoms with Crippen LogP contribution in [0, 0.1) is 0 Å². The third-order valence-electron chi connectivity index (χ3n) is 4.53. The van der Waals surface area contributed by atoms with E-state index in [0.717, 1.165) is 12.8 Å². The Labute approximate surface area is 170 Å². The van der Waals surface area contributed by atoms with Gasteiger partial charge >= 0.3 is 5.97 Å². The highest BCUT2D eigenvalue weighted by Crippen LogP contribution is 2.10. The zero-order valence-electron chi connectivity index (χ0n) is 17.7. The number of nitrogens with zero attached hydrogens (tertiary/aromatic N) is 1. The van der Waals surface area contributed by atoms with E-state index in [2.05, 4.69) is 6.92 Å². The van der Waals surface area contributed by atoms with Gasteiger partial charge in [0, 0.05) is 25.9 Å². The number of hydrogen-bond acceptors (Lipinski definition) is 5. The van der Waals surface area contributed by atoms with Crippen molar-refractivity contribution >= 4 is 11.9 Å². The van der Waals surface area contributed by atoms with Crippen molar-refractivity contribution in [1.29, 1.82) is 0 Å². The van der Waals surface area contributed by atoms with Crippen LogP contribution < -0.4 is 0 Å². The van der Waals surface area contributed by atoms with Crippen LogP contribution in [-0.2, 0) is 19.1 Å². The number of carboxylic acid groups (broad SMARTS) is 1. The summed E-state index contributed by atoms with van der Waals surface area (Å²) in [6.45, 7) is 5.02. The lowest BCUT2D eigenvalue weighted by molar-refractivity contribution is -0.137. The number of carbonyl (C=O) groups excluding carboxylic acids is 1. The predicted molar refractivity (Wildman–Crippen MR) is 109 cm³/mol. The van der Waals surface area contributed by atoms with Gasteiger partial charge in [-0.05, 0) is 12.8 Å². The van der Waals surface area contributed by atoms with Crippen LogP contribution in [0.4, 0.5) is 0 Å². The largest absolute Gasteiger partial charge is 0.481 e. The van der Waals surface area contributed by atoms with Crippen LogP contribution in [0.25, 0.3) is 0 Å². The molecule has 28 heavy (non-hydrogen) atoms. The maximum absolute atomic E-state index is 12.4. The summed E-state index contributed by atoms with van der Waals surface area (Å²) in [7, 11) is 0. The molecule has 0 bridgehead atoms. The van der Waals surface area contributed by atoms with Crippen molar-refractivity contribution in [2.24, 2.45) is 0 Å². The van der Waals surface area contributed by atoms with Crippen molar-refractivity contribution in [2.75, 3.05) is 46.1 Å². The lowest BCUT2D eigenvalue weighted by Gasteiger charge is -2.23. The predicted octanol–water partition coefficient (Wildman–Crippen LogP) is 3.24. The molecule has 0 aliphatic rings. The molecule has 0 saturated heterocycles. The molecule has 0 unspecified atom stereocenters. The molecule has 0 aromatic heterocycles. The first-order valence-electron chi connectivity index (χ1n) is 10.9. The second-order valence-electron chi connectivity index (χ2n) is 7.05. The highest BCUT2D eigenvalue weighted by molar-refractivity contribution is 5.77. The number of unbranched alkanes of at least 4 members (excludes halogenated alkanes) is 7. The zero-order chi connectivity index (χ0) is 20.9. The lowest BCUT2D eigenvalue weighted by Crippen LogP contribution is -2.35. The van der Waals surface area contributed by atoms with Gasteiger partial charge in [0.1, 0.15) is 0 Å². The number of amides is 1. The standard InChI is InChI=1S/C21H41NO6/c1-2-3-4-5-6-7-8-9-13-22(20(24)11-10-12-21(25)26)14-16-27-18-19-28-17-15-23/h23H,2-19H2,1H3,(H,25,26). The summed E-state index contributed by atoms with van der Waals surface area (Å²) >= 11 is 0. The van der Waals surface area contributed by atoms with E-state index in [1.165, 1.54) is 38.5 Å². The first-order chi connectivity index (χ1) is 13.6. The molecule has 0 heterocycles. The van der Waals surface area contributed by atoms with E-state index in [4.69, 9.17) is 19.7 Å². The molecular formula is C21H41NO6. The van der Waals surface area contributed by atoms with Crippen LogP contribution in [0.1, 0.15) is 77.6 Å².